The Balaban J connectivity index is 1.63. The highest BCUT2D eigenvalue weighted by Gasteiger charge is 2.41. The number of amides is 1. The summed E-state index contributed by atoms with van der Waals surface area (Å²) in [5.74, 6) is -0.441. The number of fused-ring (bicyclic) bond motifs is 1. The Hall–Kier alpha value is -2.25. The molecule has 1 N–H and O–H groups in total. The summed E-state index contributed by atoms with van der Waals surface area (Å²) in [6, 6.07) is 7.22. The Kier molecular flexibility index (Phi) is 6.72. The van der Waals surface area contributed by atoms with Gasteiger partial charge < -0.3 is 15.0 Å². The van der Waals surface area contributed by atoms with Gasteiger partial charge in [-0.1, -0.05) is 54.8 Å². The molecule has 1 aliphatic carbocycles. The van der Waals surface area contributed by atoms with Gasteiger partial charge in [0.1, 0.15) is 0 Å². The van der Waals surface area contributed by atoms with Gasteiger partial charge in [0.25, 0.3) is 0 Å². The van der Waals surface area contributed by atoms with Crippen molar-refractivity contribution in [3.63, 3.8) is 0 Å². The van der Waals surface area contributed by atoms with Crippen LogP contribution in [0.25, 0.3) is 0 Å². The number of hydrogen-bond donors (Lipinski definition) is 1. The molecule has 0 bridgehead atoms. The zero-order valence-corrected chi connectivity index (χ0v) is 19.3. The van der Waals surface area contributed by atoms with Gasteiger partial charge >= 0.3 is 5.97 Å². The van der Waals surface area contributed by atoms with E-state index >= 15 is 0 Å². The van der Waals surface area contributed by atoms with E-state index in [1.54, 1.807) is 6.07 Å². The summed E-state index contributed by atoms with van der Waals surface area (Å²) in [5.41, 5.74) is 2.73. The average molecular weight is 460 g/mol. The smallest absolute Gasteiger partial charge is 0.338 e. The van der Waals surface area contributed by atoms with E-state index < -0.39 is 12.0 Å². The molecular weight excluding hydrogens is 434 g/mol. The molecule has 6 nitrogen and oxygen atoms in total. The lowest BCUT2D eigenvalue weighted by Gasteiger charge is -2.36. The molecule has 1 amide bonds. The number of halogens is 1. The fourth-order valence-corrected chi connectivity index (χ4v) is 5.59. The molecule has 0 spiro atoms. The number of aliphatic imine (C=N–C) groups is 1. The Morgan fingerprint density at radius 1 is 1.29 bits per heavy atom. The number of allylic oxidation sites excluding steroid dienone is 1. The third-order valence-electron chi connectivity index (χ3n) is 5.88. The van der Waals surface area contributed by atoms with E-state index in [0.717, 1.165) is 42.1 Å². The van der Waals surface area contributed by atoms with Gasteiger partial charge in [-0.25, -0.2) is 9.79 Å². The number of esters is 1. The molecule has 2 aliphatic heterocycles. The first-order valence-corrected chi connectivity index (χ1v) is 11.8. The highest BCUT2D eigenvalue weighted by molar-refractivity contribution is 8.16. The van der Waals surface area contributed by atoms with Crippen LogP contribution in [0.15, 0.2) is 51.6 Å². The molecule has 3 aliphatic rings. The van der Waals surface area contributed by atoms with Crippen LogP contribution in [0.2, 0.25) is 5.02 Å². The van der Waals surface area contributed by atoms with Crippen molar-refractivity contribution in [2.45, 2.75) is 57.5 Å². The second-order valence-electron chi connectivity index (χ2n) is 8.02. The molecule has 1 unspecified atom stereocenters. The van der Waals surface area contributed by atoms with E-state index in [2.05, 4.69) is 10.3 Å². The number of benzene rings is 1. The molecular formula is C23H26ClN3O3S. The van der Waals surface area contributed by atoms with Gasteiger partial charge in [0.15, 0.2) is 5.17 Å². The van der Waals surface area contributed by atoms with Crippen LogP contribution in [0, 0.1) is 0 Å². The first-order chi connectivity index (χ1) is 15.0. The number of methoxy groups -OCH3 is 1. The Bertz CT molecular complexity index is 982. The number of carbonyl (C=O) groups excluding carboxylic acids is 2. The standard InChI is InChI=1S/C23H26ClN3O3S/c1-14-20(22(29)30-2)21(15-7-6-8-16(24)11-15)27-18(13-31-23(27)25-14)12-19(28)26-17-9-4-3-5-10-17/h6-8,11,13,17,21H,3-5,9-10,12H2,1-2H3,(H,26,28). The summed E-state index contributed by atoms with van der Waals surface area (Å²) in [6.07, 6.45) is 5.87. The normalized spacial score (nSPS) is 21.4. The van der Waals surface area contributed by atoms with Crippen LogP contribution >= 0.6 is 23.4 Å². The molecule has 31 heavy (non-hydrogen) atoms. The molecule has 1 aromatic carbocycles. The summed E-state index contributed by atoms with van der Waals surface area (Å²) in [7, 11) is 1.37. The summed E-state index contributed by atoms with van der Waals surface area (Å²) < 4.78 is 5.08. The SMILES string of the molecule is COC(=O)C1=C(C)N=C2SC=C(CC(=O)NC3CCCCC3)N2C1c1cccc(Cl)c1. The summed E-state index contributed by atoms with van der Waals surface area (Å²) >= 11 is 7.73. The van der Waals surface area contributed by atoms with Crippen LogP contribution in [-0.2, 0) is 14.3 Å². The van der Waals surface area contributed by atoms with E-state index in [9.17, 15) is 9.59 Å². The maximum atomic E-state index is 12.8. The zero-order chi connectivity index (χ0) is 22.0. The lowest BCUT2D eigenvalue weighted by atomic mass is 9.93. The molecule has 0 saturated heterocycles. The largest absolute Gasteiger partial charge is 0.466 e. The van der Waals surface area contributed by atoms with Gasteiger partial charge in [0.05, 0.1) is 30.8 Å². The highest BCUT2D eigenvalue weighted by atomic mass is 35.5. The molecule has 2 heterocycles. The van der Waals surface area contributed by atoms with E-state index in [1.807, 2.05) is 35.4 Å². The lowest BCUT2D eigenvalue weighted by Crippen LogP contribution is -2.40. The van der Waals surface area contributed by atoms with Crippen molar-refractivity contribution in [3.8, 4) is 0 Å². The molecule has 1 aromatic rings. The third-order valence-corrected chi connectivity index (χ3v) is 7.01. The Morgan fingerprint density at radius 3 is 2.77 bits per heavy atom. The number of rotatable bonds is 5. The van der Waals surface area contributed by atoms with Gasteiger partial charge in [-0.05, 0) is 42.9 Å². The quantitative estimate of drug-likeness (QED) is 0.632. The molecule has 0 radical (unpaired) electrons. The first-order valence-electron chi connectivity index (χ1n) is 10.6. The van der Waals surface area contributed by atoms with Crippen LogP contribution in [0.4, 0.5) is 0 Å². The van der Waals surface area contributed by atoms with Gasteiger partial charge in [-0.15, -0.1) is 0 Å². The van der Waals surface area contributed by atoms with Crippen molar-refractivity contribution in [2.24, 2.45) is 4.99 Å². The number of carbonyl (C=O) groups is 2. The molecule has 1 saturated carbocycles. The fourth-order valence-electron chi connectivity index (χ4n) is 4.42. The van der Waals surface area contributed by atoms with E-state index in [-0.39, 0.29) is 18.4 Å². The summed E-state index contributed by atoms with van der Waals surface area (Å²) in [4.78, 5) is 32.1. The van der Waals surface area contributed by atoms with Crippen LogP contribution < -0.4 is 5.32 Å². The van der Waals surface area contributed by atoms with Crippen LogP contribution in [0.1, 0.15) is 57.1 Å². The lowest BCUT2D eigenvalue weighted by molar-refractivity contribution is -0.136. The number of amidine groups is 1. The minimum Gasteiger partial charge on any atom is -0.466 e. The van der Waals surface area contributed by atoms with Crippen molar-refractivity contribution >= 4 is 40.4 Å². The monoisotopic (exact) mass is 459 g/mol. The maximum Gasteiger partial charge on any atom is 0.338 e. The first kappa shape index (κ1) is 22.0. The van der Waals surface area contributed by atoms with E-state index in [0.29, 0.717) is 16.3 Å². The zero-order valence-electron chi connectivity index (χ0n) is 17.7. The fraction of sp³-hybridized carbons (Fsp3) is 0.435. The molecule has 0 aromatic heterocycles. The number of nitrogens with one attached hydrogen (secondary N) is 1. The molecule has 8 heteroatoms. The van der Waals surface area contributed by atoms with E-state index in [4.69, 9.17) is 16.3 Å². The van der Waals surface area contributed by atoms with Gasteiger partial charge in [-0.3, -0.25) is 4.79 Å². The van der Waals surface area contributed by atoms with Crippen LogP contribution in [0.5, 0.6) is 0 Å². The average Bonchev–Trinajstić information content (AvgIpc) is 3.14. The van der Waals surface area contributed by atoms with E-state index in [1.165, 1.54) is 25.3 Å². The third kappa shape index (κ3) is 4.67. The van der Waals surface area contributed by atoms with Crippen molar-refractivity contribution in [3.05, 3.63) is 57.2 Å². The van der Waals surface area contributed by atoms with Gasteiger partial charge in [-0.2, -0.15) is 0 Å². The number of ether oxygens (including phenoxy) is 1. The molecule has 4 rings (SSSR count). The summed E-state index contributed by atoms with van der Waals surface area (Å²) in [6.45, 7) is 1.81. The second-order valence-corrected chi connectivity index (χ2v) is 9.29. The van der Waals surface area contributed by atoms with Crippen molar-refractivity contribution in [1.82, 2.24) is 10.2 Å². The number of hydrogen-bond acceptors (Lipinski definition) is 6. The Labute approximate surface area is 191 Å². The van der Waals surface area contributed by atoms with Crippen molar-refractivity contribution in [1.29, 1.82) is 0 Å². The molecule has 1 fully saturated rings. The molecule has 164 valence electrons. The predicted molar refractivity (Wildman–Crippen MR) is 123 cm³/mol. The van der Waals surface area contributed by atoms with Crippen molar-refractivity contribution < 1.29 is 14.3 Å². The summed E-state index contributed by atoms with van der Waals surface area (Å²) in [5, 5.41) is 6.45. The number of nitrogens with zero attached hydrogens (tertiary/aromatic N) is 2. The van der Waals surface area contributed by atoms with Crippen LogP contribution in [0.3, 0.4) is 0 Å². The van der Waals surface area contributed by atoms with Gasteiger partial charge in [0, 0.05) is 16.8 Å². The maximum absolute atomic E-state index is 12.8. The topological polar surface area (TPSA) is 71.0 Å². The van der Waals surface area contributed by atoms with Crippen molar-refractivity contribution in [2.75, 3.05) is 7.11 Å². The minimum atomic E-state index is -0.456. The minimum absolute atomic E-state index is 0.00395. The molecule has 1 atom stereocenters. The predicted octanol–water partition coefficient (Wildman–Crippen LogP) is 4.93. The Morgan fingerprint density at radius 2 is 2.06 bits per heavy atom. The number of thioether (sulfide) groups is 1. The second kappa shape index (κ2) is 9.49. The van der Waals surface area contributed by atoms with Gasteiger partial charge in [0.2, 0.25) is 5.91 Å². The van der Waals surface area contributed by atoms with Crippen LogP contribution in [-0.4, -0.2) is 35.1 Å². The highest BCUT2D eigenvalue weighted by Crippen LogP contribution is 2.45.